The molecule has 1 fully saturated rings. The first-order valence-electron chi connectivity index (χ1n) is 6.90. The third-order valence-corrected chi connectivity index (χ3v) is 3.70. The van der Waals surface area contributed by atoms with Crippen molar-refractivity contribution in [3.8, 4) is 0 Å². The predicted molar refractivity (Wildman–Crippen MR) is 68.2 cm³/mol. The third kappa shape index (κ3) is 2.57. The number of nitrogens with two attached hydrogens (primary N) is 1. The molecule has 1 atom stereocenters. The van der Waals surface area contributed by atoms with Gasteiger partial charge in [0.05, 0.1) is 0 Å². The van der Waals surface area contributed by atoms with Crippen LogP contribution in [0.5, 0.6) is 0 Å². The molecule has 18 heavy (non-hydrogen) atoms. The van der Waals surface area contributed by atoms with Crippen LogP contribution in [-0.2, 0) is 10.3 Å². The van der Waals surface area contributed by atoms with E-state index >= 15 is 0 Å². The molecule has 1 saturated carbocycles. The fourth-order valence-corrected chi connectivity index (χ4v) is 2.65. The average Bonchev–Trinajstić information content (AvgIpc) is 2.98. The van der Waals surface area contributed by atoms with Crippen LogP contribution in [0.1, 0.15) is 63.6 Å². The number of hydrogen-bond acceptors (Lipinski definition) is 5. The zero-order valence-corrected chi connectivity index (χ0v) is 11.3. The summed E-state index contributed by atoms with van der Waals surface area (Å²) in [5.41, 5.74) is 5.25. The standard InChI is InChI=1S/C13H23N3O2/c1-3-17-13(7-4-5-8-13)12-15-11(18-16-12)10(2)6-9-14/h10H,3-9,14H2,1-2H3. The fourth-order valence-electron chi connectivity index (χ4n) is 2.65. The smallest absolute Gasteiger partial charge is 0.229 e. The molecule has 1 aliphatic carbocycles. The van der Waals surface area contributed by atoms with Gasteiger partial charge in [0.2, 0.25) is 11.7 Å². The summed E-state index contributed by atoms with van der Waals surface area (Å²) in [6, 6.07) is 0. The van der Waals surface area contributed by atoms with Crippen molar-refractivity contribution in [3.63, 3.8) is 0 Å². The molecule has 2 N–H and O–H groups in total. The highest BCUT2D eigenvalue weighted by Gasteiger charge is 2.41. The van der Waals surface area contributed by atoms with Crippen LogP contribution >= 0.6 is 0 Å². The Morgan fingerprint density at radius 1 is 1.44 bits per heavy atom. The van der Waals surface area contributed by atoms with Crippen LogP contribution in [-0.4, -0.2) is 23.3 Å². The molecule has 0 spiro atoms. The van der Waals surface area contributed by atoms with Crippen molar-refractivity contribution < 1.29 is 9.26 Å². The number of nitrogens with zero attached hydrogens (tertiary/aromatic N) is 2. The molecule has 0 saturated heterocycles. The lowest BCUT2D eigenvalue weighted by molar-refractivity contribution is -0.0469. The van der Waals surface area contributed by atoms with Crippen LogP contribution < -0.4 is 5.73 Å². The molecule has 1 aromatic rings. The summed E-state index contributed by atoms with van der Waals surface area (Å²) in [7, 11) is 0. The maximum absolute atomic E-state index is 5.92. The normalized spacial score (nSPS) is 20.2. The van der Waals surface area contributed by atoms with E-state index in [1.165, 1.54) is 12.8 Å². The van der Waals surface area contributed by atoms with Gasteiger partial charge in [0, 0.05) is 12.5 Å². The molecular weight excluding hydrogens is 230 g/mol. The maximum Gasteiger partial charge on any atom is 0.229 e. The lowest BCUT2D eigenvalue weighted by atomic mass is 10.0. The number of rotatable bonds is 6. The first-order chi connectivity index (χ1) is 8.72. The minimum atomic E-state index is -0.307. The maximum atomic E-state index is 5.92. The Kier molecular flexibility index (Phi) is 4.35. The first kappa shape index (κ1) is 13.5. The highest BCUT2D eigenvalue weighted by Crippen LogP contribution is 2.41. The van der Waals surface area contributed by atoms with E-state index in [2.05, 4.69) is 17.1 Å². The van der Waals surface area contributed by atoms with Gasteiger partial charge in [0.15, 0.2) is 0 Å². The second kappa shape index (κ2) is 5.80. The zero-order valence-electron chi connectivity index (χ0n) is 11.3. The van der Waals surface area contributed by atoms with Crippen molar-refractivity contribution >= 4 is 0 Å². The number of hydrogen-bond donors (Lipinski definition) is 1. The Morgan fingerprint density at radius 3 is 2.78 bits per heavy atom. The average molecular weight is 253 g/mol. The second-order valence-electron chi connectivity index (χ2n) is 5.07. The van der Waals surface area contributed by atoms with Gasteiger partial charge in [-0.1, -0.05) is 12.1 Å². The topological polar surface area (TPSA) is 74.2 Å². The molecule has 0 radical (unpaired) electrons. The molecule has 0 aliphatic heterocycles. The Balaban J connectivity index is 2.16. The molecule has 0 amide bonds. The van der Waals surface area contributed by atoms with Crippen molar-refractivity contribution in [1.82, 2.24) is 10.1 Å². The van der Waals surface area contributed by atoms with Gasteiger partial charge in [-0.25, -0.2) is 0 Å². The molecule has 0 bridgehead atoms. The summed E-state index contributed by atoms with van der Waals surface area (Å²) in [6.07, 6.45) is 5.18. The minimum Gasteiger partial charge on any atom is -0.367 e. The minimum absolute atomic E-state index is 0.219. The summed E-state index contributed by atoms with van der Waals surface area (Å²) in [4.78, 5) is 4.54. The van der Waals surface area contributed by atoms with Gasteiger partial charge in [0.25, 0.3) is 0 Å². The van der Waals surface area contributed by atoms with E-state index in [9.17, 15) is 0 Å². The SMILES string of the molecule is CCOC1(c2noc(C(C)CCN)n2)CCCC1. The summed E-state index contributed by atoms with van der Waals surface area (Å²) < 4.78 is 11.3. The Bertz CT molecular complexity index is 372. The van der Waals surface area contributed by atoms with E-state index < -0.39 is 0 Å². The summed E-state index contributed by atoms with van der Waals surface area (Å²) in [6.45, 7) is 5.39. The number of aromatic nitrogens is 2. The lowest BCUT2D eigenvalue weighted by Crippen LogP contribution is -2.27. The molecule has 1 aromatic heterocycles. The van der Waals surface area contributed by atoms with Gasteiger partial charge < -0.3 is 15.0 Å². The van der Waals surface area contributed by atoms with E-state index in [0.717, 1.165) is 25.1 Å². The number of ether oxygens (including phenoxy) is 1. The van der Waals surface area contributed by atoms with Gasteiger partial charge >= 0.3 is 0 Å². The van der Waals surface area contributed by atoms with Crippen LogP contribution in [0.4, 0.5) is 0 Å². The quantitative estimate of drug-likeness (QED) is 0.842. The molecule has 102 valence electrons. The molecule has 2 rings (SSSR count). The van der Waals surface area contributed by atoms with Crippen LogP contribution in [0.25, 0.3) is 0 Å². The van der Waals surface area contributed by atoms with Gasteiger partial charge in [0.1, 0.15) is 5.60 Å². The molecule has 1 aliphatic rings. The summed E-state index contributed by atoms with van der Waals surface area (Å²) in [5.74, 6) is 1.62. The molecular formula is C13H23N3O2. The highest BCUT2D eigenvalue weighted by atomic mass is 16.5. The zero-order chi connectivity index (χ0) is 13.0. The summed E-state index contributed by atoms with van der Waals surface area (Å²) in [5, 5.41) is 4.14. The van der Waals surface area contributed by atoms with Crippen LogP contribution in [0, 0.1) is 0 Å². The molecule has 1 heterocycles. The Labute approximate surface area is 108 Å². The van der Waals surface area contributed by atoms with Crippen LogP contribution in [0.3, 0.4) is 0 Å². The largest absolute Gasteiger partial charge is 0.367 e. The van der Waals surface area contributed by atoms with Crippen LogP contribution in [0.2, 0.25) is 0 Å². The van der Waals surface area contributed by atoms with E-state index in [1.54, 1.807) is 0 Å². The Morgan fingerprint density at radius 2 is 2.17 bits per heavy atom. The molecule has 5 heteroatoms. The van der Waals surface area contributed by atoms with Gasteiger partial charge in [-0.15, -0.1) is 0 Å². The fraction of sp³-hybridized carbons (Fsp3) is 0.846. The second-order valence-corrected chi connectivity index (χ2v) is 5.07. The van der Waals surface area contributed by atoms with Crippen molar-refractivity contribution in [3.05, 3.63) is 11.7 Å². The lowest BCUT2D eigenvalue weighted by Gasteiger charge is -2.24. The molecule has 0 aromatic carbocycles. The summed E-state index contributed by atoms with van der Waals surface area (Å²) >= 11 is 0. The van der Waals surface area contributed by atoms with Gasteiger partial charge in [-0.3, -0.25) is 0 Å². The van der Waals surface area contributed by atoms with Crippen molar-refractivity contribution in [2.24, 2.45) is 5.73 Å². The first-order valence-corrected chi connectivity index (χ1v) is 6.90. The third-order valence-electron chi connectivity index (χ3n) is 3.70. The van der Waals surface area contributed by atoms with Crippen molar-refractivity contribution in [1.29, 1.82) is 0 Å². The van der Waals surface area contributed by atoms with Crippen molar-refractivity contribution in [2.75, 3.05) is 13.2 Å². The monoisotopic (exact) mass is 253 g/mol. The highest BCUT2D eigenvalue weighted by molar-refractivity contribution is 5.06. The predicted octanol–water partition coefficient (Wildman–Crippen LogP) is 2.33. The Hall–Kier alpha value is -0.940. The van der Waals surface area contributed by atoms with E-state index in [-0.39, 0.29) is 11.5 Å². The van der Waals surface area contributed by atoms with E-state index in [0.29, 0.717) is 19.0 Å². The van der Waals surface area contributed by atoms with E-state index in [1.807, 2.05) is 6.92 Å². The van der Waals surface area contributed by atoms with Gasteiger partial charge in [-0.05, 0) is 45.6 Å². The van der Waals surface area contributed by atoms with Crippen LogP contribution in [0.15, 0.2) is 4.52 Å². The molecule has 1 unspecified atom stereocenters. The van der Waals surface area contributed by atoms with E-state index in [4.69, 9.17) is 15.0 Å². The van der Waals surface area contributed by atoms with Crippen molar-refractivity contribution in [2.45, 2.75) is 57.5 Å². The molecule has 5 nitrogen and oxygen atoms in total. The van der Waals surface area contributed by atoms with Gasteiger partial charge in [-0.2, -0.15) is 4.98 Å².